The molecule has 0 aliphatic heterocycles. The fourth-order valence-electron chi connectivity index (χ4n) is 0.830. The summed E-state index contributed by atoms with van der Waals surface area (Å²) < 4.78 is 0. The van der Waals surface area contributed by atoms with Gasteiger partial charge in [-0.1, -0.05) is 6.92 Å². The van der Waals surface area contributed by atoms with Gasteiger partial charge in [0.25, 0.3) is 0 Å². The number of hydrogen-bond acceptors (Lipinski definition) is 4. The lowest BCUT2D eigenvalue weighted by Gasteiger charge is -1.97. The van der Waals surface area contributed by atoms with Crippen LogP contribution < -0.4 is 0 Å². The minimum Gasteiger partial charge on any atom is -0.293 e. The van der Waals surface area contributed by atoms with Gasteiger partial charge in [-0.15, -0.1) is 10.2 Å². The maximum Gasteiger partial charge on any atom is 0.181 e. The van der Waals surface area contributed by atoms with Gasteiger partial charge < -0.3 is 0 Å². The molecule has 0 N–H and O–H groups in total. The van der Waals surface area contributed by atoms with Crippen LogP contribution in [0.5, 0.6) is 0 Å². The van der Waals surface area contributed by atoms with Crippen LogP contribution in [0.2, 0.25) is 0 Å². The Morgan fingerprint density at radius 2 is 2.36 bits per heavy atom. The number of aryl methyl sites for hydroxylation is 1. The topological polar surface area (TPSA) is 55.7 Å². The number of carbonyl (C=O) groups is 1. The Kier molecular flexibility index (Phi) is 2.25. The third-order valence-corrected chi connectivity index (χ3v) is 1.36. The first-order chi connectivity index (χ1) is 5.25. The first-order valence-corrected chi connectivity index (χ1v) is 3.43. The lowest BCUT2D eigenvalue weighted by atomic mass is 10.2. The molecule has 1 rings (SSSR count). The summed E-state index contributed by atoms with van der Waals surface area (Å²) in [6.07, 6.45) is 2.07. The molecule has 0 amide bonds. The van der Waals surface area contributed by atoms with Crippen molar-refractivity contribution in [2.75, 3.05) is 0 Å². The molecule has 58 valence electrons. The van der Waals surface area contributed by atoms with Gasteiger partial charge in [0, 0.05) is 6.92 Å². The maximum atomic E-state index is 10.9. The molecule has 1 aromatic rings. The van der Waals surface area contributed by atoms with Crippen LogP contribution in [-0.2, 0) is 6.42 Å². The normalized spacial score (nSPS) is 9.64. The van der Waals surface area contributed by atoms with Gasteiger partial charge in [-0.2, -0.15) is 0 Å². The van der Waals surface area contributed by atoms with Gasteiger partial charge in [0.15, 0.2) is 5.78 Å². The molecule has 1 heterocycles. The number of Topliss-reactive ketones (excluding diaryl/α,β-unsaturated/α-hetero) is 1. The highest BCUT2D eigenvalue weighted by Gasteiger charge is 2.07. The Balaban J connectivity index is 3.12. The highest BCUT2D eigenvalue weighted by molar-refractivity contribution is 5.92. The highest BCUT2D eigenvalue weighted by Crippen LogP contribution is 2.00. The van der Waals surface area contributed by atoms with E-state index in [4.69, 9.17) is 0 Å². The van der Waals surface area contributed by atoms with Crippen LogP contribution in [0.15, 0.2) is 6.33 Å². The first-order valence-electron chi connectivity index (χ1n) is 3.43. The van der Waals surface area contributed by atoms with Crippen LogP contribution in [0, 0.1) is 0 Å². The van der Waals surface area contributed by atoms with Gasteiger partial charge in [-0.25, -0.2) is 4.98 Å². The van der Waals surface area contributed by atoms with Crippen LogP contribution in [-0.4, -0.2) is 21.0 Å². The second-order valence-electron chi connectivity index (χ2n) is 2.17. The van der Waals surface area contributed by atoms with E-state index in [1.807, 2.05) is 6.92 Å². The van der Waals surface area contributed by atoms with Crippen molar-refractivity contribution >= 4 is 5.78 Å². The summed E-state index contributed by atoms with van der Waals surface area (Å²) in [4.78, 5) is 14.8. The van der Waals surface area contributed by atoms with Crippen molar-refractivity contribution in [2.24, 2.45) is 0 Å². The largest absolute Gasteiger partial charge is 0.293 e. The first kappa shape index (κ1) is 7.78. The molecule has 0 aliphatic carbocycles. The number of nitrogens with zero attached hydrogens (tertiary/aromatic N) is 3. The molecule has 0 saturated heterocycles. The maximum absolute atomic E-state index is 10.9. The number of hydrogen-bond donors (Lipinski definition) is 0. The molecule has 4 heteroatoms. The van der Waals surface area contributed by atoms with E-state index >= 15 is 0 Å². The molecule has 0 bridgehead atoms. The van der Waals surface area contributed by atoms with E-state index in [1.54, 1.807) is 0 Å². The molecule has 0 aromatic carbocycles. The monoisotopic (exact) mass is 151 g/mol. The van der Waals surface area contributed by atoms with Gasteiger partial charge in [0.1, 0.15) is 12.0 Å². The van der Waals surface area contributed by atoms with Crippen molar-refractivity contribution in [3.63, 3.8) is 0 Å². The van der Waals surface area contributed by atoms with Crippen molar-refractivity contribution < 1.29 is 4.79 Å². The van der Waals surface area contributed by atoms with Gasteiger partial charge in [0.05, 0.1) is 5.69 Å². The number of aromatic nitrogens is 3. The van der Waals surface area contributed by atoms with Crippen molar-refractivity contribution in [3.05, 3.63) is 17.7 Å². The van der Waals surface area contributed by atoms with Crippen LogP contribution in [0.1, 0.15) is 30.0 Å². The van der Waals surface area contributed by atoms with Gasteiger partial charge in [-0.05, 0) is 6.42 Å². The van der Waals surface area contributed by atoms with E-state index in [0.717, 1.165) is 0 Å². The number of carbonyl (C=O) groups excluding carboxylic acids is 1. The molecular weight excluding hydrogens is 142 g/mol. The summed E-state index contributed by atoms with van der Waals surface area (Å²) in [7, 11) is 0. The summed E-state index contributed by atoms with van der Waals surface area (Å²) in [5.41, 5.74) is 1.10. The van der Waals surface area contributed by atoms with Crippen molar-refractivity contribution in [1.82, 2.24) is 15.2 Å². The zero-order valence-electron chi connectivity index (χ0n) is 6.53. The molecular formula is C7H9N3O. The smallest absolute Gasteiger partial charge is 0.181 e. The van der Waals surface area contributed by atoms with E-state index in [0.29, 0.717) is 17.8 Å². The van der Waals surface area contributed by atoms with Crippen molar-refractivity contribution in [1.29, 1.82) is 0 Å². The van der Waals surface area contributed by atoms with E-state index in [1.165, 1.54) is 13.3 Å². The van der Waals surface area contributed by atoms with Gasteiger partial charge >= 0.3 is 0 Å². The Morgan fingerprint density at radius 1 is 1.64 bits per heavy atom. The van der Waals surface area contributed by atoms with Gasteiger partial charge in [-0.3, -0.25) is 4.79 Å². The Bertz CT molecular complexity index is 272. The molecule has 1 aromatic heterocycles. The van der Waals surface area contributed by atoms with Crippen LogP contribution in [0.4, 0.5) is 0 Å². The quantitative estimate of drug-likeness (QED) is 0.582. The van der Waals surface area contributed by atoms with Crippen molar-refractivity contribution in [2.45, 2.75) is 20.3 Å². The van der Waals surface area contributed by atoms with Crippen LogP contribution >= 0.6 is 0 Å². The molecule has 0 aliphatic rings. The van der Waals surface area contributed by atoms with Crippen LogP contribution in [0.3, 0.4) is 0 Å². The lowest BCUT2D eigenvalue weighted by molar-refractivity contribution is 0.101. The van der Waals surface area contributed by atoms with E-state index in [9.17, 15) is 4.79 Å². The third kappa shape index (κ3) is 1.58. The highest BCUT2D eigenvalue weighted by atomic mass is 16.1. The zero-order chi connectivity index (χ0) is 8.27. The average molecular weight is 151 g/mol. The molecule has 0 radical (unpaired) electrons. The summed E-state index contributed by atoms with van der Waals surface area (Å²) in [6.45, 7) is 3.39. The third-order valence-electron chi connectivity index (χ3n) is 1.36. The lowest BCUT2D eigenvalue weighted by Crippen LogP contribution is -2.06. The molecule has 4 nitrogen and oxygen atoms in total. The average Bonchev–Trinajstić information content (AvgIpc) is 2.04. The second kappa shape index (κ2) is 3.18. The summed E-state index contributed by atoms with van der Waals surface area (Å²) >= 11 is 0. The minimum atomic E-state index is -0.0811. The fraction of sp³-hybridized carbons (Fsp3) is 0.429. The predicted octanol–water partition coefficient (Wildman–Crippen LogP) is 0.637. The molecule has 0 unspecified atom stereocenters. The summed E-state index contributed by atoms with van der Waals surface area (Å²) in [6, 6.07) is 0. The van der Waals surface area contributed by atoms with Gasteiger partial charge in [0.2, 0.25) is 0 Å². The minimum absolute atomic E-state index is 0.0811. The fourth-order valence-corrected chi connectivity index (χ4v) is 0.830. The van der Waals surface area contributed by atoms with Crippen LogP contribution in [0.25, 0.3) is 0 Å². The molecule has 0 atom stereocenters. The Hall–Kier alpha value is -1.32. The molecule has 0 saturated carbocycles. The zero-order valence-corrected chi connectivity index (χ0v) is 6.53. The van der Waals surface area contributed by atoms with E-state index in [-0.39, 0.29) is 5.78 Å². The number of rotatable bonds is 2. The molecule has 11 heavy (non-hydrogen) atoms. The summed E-state index contributed by atoms with van der Waals surface area (Å²) in [5, 5.41) is 7.22. The SMILES string of the molecule is CCc1ncnnc1C(C)=O. The molecule has 0 fully saturated rings. The molecule has 0 spiro atoms. The van der Waals surface area contributed by atoms with Crippen molar-refractivity contribution in [3.8, 4) is 0 Å². The second-order valence-corrected chi connectivity index (χ2v) is 2.17. The van der Waals surface area contributed by atoms with E-state index in [2.05, 4.69) is 15.2 Å². The number of ketones is 1. The predicted molar refractivity (Wildman–Crippen MR) is 39.2 cm³/mol. The Labute approximate surface area is 64.7 Å². The summed E-state index contributed by atoms with van der Waals surface area (Å²) in [5.74, 6) is -0.0811. The standard InChI is InChI=1S/C7H9N3O/c1-3-6-7(5(2)11)10-9-4-8-6/h4H,3H2,1-2H3. The van der Waals surface area contributed by atoms with E-state index < -0.39 is 0 Å². The Morgan fingerprint density at radius 3 is 2.82 bits per heavy atom.